The van der Waals surface area contributed by atoms with Gasteiger partial charge >= 0.3 is 0 Å². The van der Waals surface area contributed by atoms with Crippen molar-refractivity contribution in [2.24, 2.45) is 0 Å². The molecular weight excluding hydrogens is 597 g/mol. The summed E-state index contributed by atoms with van der Waals surface area (Å²) in [6, 6.07) is 16.9. The van der Waals surface area contributed by atoms with Crippen LogP contribution in [0.2, 0.25) is 10.0 Å². The van der Waals surface area contributed by atoms with Gasteiger partial charge in [0.05, 0.1) is 17.7 Å². The lowest BCUT2D eigenvalue weighted by Gasteiger charge is -2.34. The van der Waals surface area contributed by atoms with Crippen LogP contribution in [0.5, 0.6) is 5.75 Å². The molecule has 0 bridgehead atoms. The largest absolute Gasteiger partial charge is 0.495 e. The molecule has 0 fully saturated rings. The standard InChI is InChI=1S/C31H37Cl2N3O5S/c1-6-22(4)34-31(38)27(7-2)35(19-24-25(32)11-10-12-26(24)33)30(37)20-36(28-13-8-9-14-29(28)41-5)42(39,40)23-17-15-21(3)16-18-23/h8-18,22,27H,6-7,19-20H2,1-5H3,(H,34,38)/t22-,27-/m0/s1. The quantitative estimate of drug-likeness (QED) is 0.241. The van der Waals surface area contributed by atoms with Gasteiger partial charge in [0.25, 0.3) is 10.0 Å². The smallest absolute Gasteiger partial charge is 0.264 e. The molecule has 1 N–H and O–H groups in total. The zero-order valence-electron chi connectivity index (χ0n) is 24.4. The van der Waals surface area contributed by atoms with Crippen LogP contribution in [0, 0.1) is 6.92 Å². The molecule has 0 unspecified atom stereocenters. The second kappa shape index (κ2) is 14.8. The molecule has 0 aliphatic carbocycles. The van der Waals surface area contributed by atoms with E-state index in [0.29, 0.717) is 22.0 Å². The van der Waals surface area contributed by atoms with Crippen molar-refractivity contribution in [1.29, 1.82) is 0 Å². The number of methoxy groups -OCH3 is 1. The van der Waals surface area contributed by atoms with Crippen LogP contribution >= 0.6 is 23.2 Å². The van der Waals surface area contributed by atoms with Crippen LogP contribution in [0.15, 0.2) is 71.6 Å². The number of aryl methyl sites for hydroxylation is 1. The molecule has 2 atom stereocenters. The van der Waals surface area contributed by atoms with Crippen molar-refractivity contribution >= 4 is 50.7 Å². The average Bonchev–Trinajstić information content (AvgIpc) is 2.97. The minimum atomic E-state index is -4.24. The lowest BCUT2D eigenvalue weighted by molar-refractivity contribution is -0.140. The van der Waals surface area contributed by atoms with Gasteiger partial charge in [-0.15, -0.1) is 0 Å². The van der Waals surface area contributed by atoms with Gasteiger partial charge in [0.2, 0.25) is 11.8 Å². The first-order valence-corrected chi connectivity index (χ1v) is 15.9. The molecule has 0 spiro atoms. The Bertz CT molecular complexity index is 1480. The van der Waals surface area contributed by atoms with Gasteiger partial charge in [-0.2, -0.15) is 0 Å². The van der Waals surface area contributed by atoms with E-state index in [4.69, 9.17) is 27.9 Å². The second-order valence-electron chi connectivity index (χ2n) is 9.96. The topological polar surface area (TPSA) is 96.0 Å². The lowest BCUT2D eigenvalue weighted by atomic mass is 10.1. The van der Waals surface area contributed by atoms with Gasteiger partial charge < -0.3 is 15.0 Å². The van der Waals surface area contributed by atoms with E-state index in [2.05, 4.69) is 5.32 Å². The molecule has 0 saturated carbocycles. The molecule has 3 aromatic rings. The lowest BCUT2D eigenvalue weighted by Crippen LogP contribution is -2.53. The number of halogens is 2. The summed E-state index contributed by atoms with van der Waals surface area (Å²) in [6.45, 7) is 6.75. The predicted octanol–water partition coefficient (Wildman–Crippen LogP) is 6.23. The molecule has 0 aromatic heterocycles. The molecule has 42 heavy (non-hydrogen) atoms. The highest BCUT2D eigenvalue weighted by molar-refractivity contribution is 7.92. The fourth-order valence-corrected chi connectivity index (χ4v) is 6.34. The Balaban J connectivity index is 2.14. The highest BCUT2D eigenvalue weighted by atomic mass is 35.5. The maximum atomic E-state index is 14.3. The normalized spacial score (nSPS) is 12.7. The number of anilines is 1. The molecule has 0 saturated heterocycles. The molecule has 2 amide bonds. The summed E-state index contributed by atoms with van der Waals surface area (Å²) in [6.07, 6.45) is 0.971. The van der Waals surface area contributed by atoms with Crippen molar-refractivity contribution < 1.29 is 22.7 Å². The zero-order valence-corrected chi connectivity index (χ0v) is 26.8. The van der Waals surface area contributed by atoms with Gasteiger partial charge in [0.1, 0.15) is 18.3 Å². The number of ether oxygens (including phenoxy) is 1. The van der Waals surface area contributed by atoms with E-state index < -0.39 is 28.5 Å². The van der Waals surface area contributed by atoms with E-state index in [-0.39, 0.29) is 41.2 Å². The highest BCUT2D eigenvalue weighted by Crippen LogP contribution is 2.33. The van der Waals surface area contributed by atoms with Crippen molar-refractivity contribution in [3.05, 3.63) is 87.9 Å². The molecule has 11 heteroatoms. The Hall–Kier alpha value is -3.27. The van der Waals surface area contributed by atoms with Crippen LogP contribution in [-0.4, -0.2) is 50.9 Å². The van der Waals surface area contributed by atoms with Crippen molar-refractivity contribution in [2.75, 3.05) is 18.0 Å². The van der Waals surface area contributed by atoms with Gasteiger partial charge in [-0.05, 0) is 63.1 Å². The molecule has 0 radical (unpaired) electrons. The Morgan fingerprint density at radius 1 is 0.929 bits per heavy atom. The number of carbonyl (C=O) groups is 2. The number of nitrogens with one attached hydrogen (secondary N) is 1. The summed E-state index contributed by atoms with van der Waals surface area (Å²) in [7, 11) is -2.82. The zero-order chi connectivity index (χ0) is 31.0. The summed E-state index contributed by atoms with van der Waals surface area (Å²) in [5.74, 6) is -0.699. The minimum Gasteiger partial charge on any atom is -0.495 e. The number of rotatable bonds is 13. The molecule has 3 rings (SSSR count). The van der Waals surface area contributed by atoms with Gasteiger partial charge in [0, 0.05) is 28.2 Å². The number of benzene rings is 3. The van der Waals surface area contributed by atoms with Crippen molar-refractivity contribution in [3.8, 4) is 5.75 Å². The second-order valence-corrected chi connectivity index (χ2v) is 12.6. The van der Waals surface area contributed by atoms with Crippen LogP contribution in [-0.2, 0) is 26.2 Å². The summed E-state index contributed by atoms with van der Waals surface area (Å²) >= 11 is 12.9. The van der Waals surface area contributed by atoms with E-state index >= 15 is 0 Å². The molecule has 8 nitrogen and oxygen atoms in total. The molecule has 0 aliphatic rings. The fraction of sp³-hybridized carbons (Fsp3) is 0.355. The van der Waals surface area contributed by atoms with Gasteiger partial charge in [-0.3, -0.25) is 13.9 Å². The van der Waals surface area contributed by atoms with E-state index in [1.165, 1.54) is 24.1 Å². The molecule has 0 aliphatic heterocycles. The molecule has 0 heterocycles. The molecular formula is C31H37Cl2N3O5S. The summed E-state index contributed by atoms with van der Waals surface area (Å²) in [5, 5.41) is 3.60. The predicted molar refractivity (Wildman–Crippen MR) is 168 cm³/mol. The Morgan fingerprint density at radius 3 is 2.12 bits per heavy atom. The van der Waals surface area contributed by atoms with Crippen molar-refractivity contribution in [2.45, 2.75) is 64.1 Å². The van der Waals surface area contributed by atoms with Crippen LogP contribution in [0.25, 0.3) is 0 Å². The number of hydrogen-bond donors (Lipinski definition) is 1. The SMILES string of the molecule is CC[C@H](C)NC(=O)[C@H](CC)N(Cc1c(Cl)cccc1Cl)C(=O)CN(c1ccccc1OC)S(=O)(=O)c1ccc(C)cc1. The minimum absolute atomic E-state index is 0.00839. The number of para-hydroxylation sites is 2. The number of hydrogen-bond acceptors (Lipinski definition) is 5. The third kappa shape index (κ3) is 7.76. The van der Waals surface area contributed by atoms with Gasteiger partial charge in [0.15, 0.2) is 0 Å². The Kier molecular flexibility index (Phi) is 11.7. The van der Waals surface area contributed by atoms with Crippen LogP contribution < -0.4 is 14.4 Å². The first-order valence-electron chi connectivity index (χ1n) is 13.7. The molecule has 3 aromatic carbocycles. The van der Waals surface area contributed by atoms with E-state index in [0.717, 1.165) is 9.87 Å². The number of amides is 2. The maximum Gasteiger partial charge on any atom is 0.264 e. The van der Waals surface area contributed by atoms with E-state index in [9.17, 15) is 18.0 Å². The number of sulfonamides is 1. The summed E-state index contributed by atoms with van der Waals surface area (Å²) in [4.78, 5) is 29.0. The van der Waals surface area contributed by atoms with Gasteiger partial charge in [-0.1, -0.05) is 72.9 Å². The van der Waals surface area contributed by atoms with Crippen LogP contribution in [0.4, 0.5) is 5.69 Å². The average molecular weight is 635 g/mol. The summed E-state index contributed by atoms with van der Waals surface area (Å²) < 4.78 is 34.6. The fourth-order valence-electron chi connectivity index (χ4n) is 4.40. The number of carbonyl (C=O) groups excluding carboxylic acids is 2. The summed E-state index contributed by atoms with van der Waals surface area (Å²) in [5.41, 5.74) is 1.52. The molecule has 226 valence electrons. The maximum absolute atomic E-state index is 14.3. The monoisotopic (exact) mass is 633 g/mol. The first kappa shape index (κ1) is 33.2. The van der Waals surface area contributed by atoms with Gasteiger partial charge in [-0.25, -0.2) is 8.42 Å². The van der Waals surface area contributed by atoms with E-state index in [1.54, 1.807) is 61.5 Å². The Labute approximate surface area is 258 Å². The van der Waals surface area contributed by atoms with E-state index in [1.807, 2.05) is 20.8 Å². The van der Waals surface area contributed by atoms with Crippen molar-refractivity contribution in [1.82, 2.24) is 10.2 Å². The first-order chi connectivity index (χ1) is 19.9. The van der Waals surface area contributed by atoms with Crippen LogP contribution in [0.3, 0.4) is 0 Å². The highest BCUT2D eigenvalue weighted by Gasteiger charge is 2.35. The Morgan fingerprint density at radius 2 is 1.55 bits per heavy atom. The third-order valence-electron chi connectivity index (χ3n) is 7.02. The third-order valence-corrected chi connectivity index (χ3v) is 9.50. The van der Waals surface area contributed by atoms with Crippen molar-refractivity contribution in [3.63, 3.8) is 0 Å². The number of nitrogens with zero attached hydrogens (tertiary/aromatic N) is 2. The van der Waals surface area contributed by atoms with Crippen LogP contribution in [0.1, 0.15) is 44.7 Å².